The summed E-state index contributed by atoms with van der Waals surface area (Å²) < 4.78 is 6.23. The van der Waals surface area contributed by atoms with E-state index in [1.165, 1.54) is 116 Å². The van der Waals surface area contributed by atoms with Crippen LogP contribution in [0.25, 0.3) is 0 Å². The minimum absolute atomic E-state index is 0.341. The Hall–Kier alpha value is -0.770. The van der Waals surface area contributed by atoms with Crippen LogP contribution in [0.5, 0.6) is 0 Å². The van der Waals surface area contributed by atoms with E-state index >= 15 is 0 Å². The van der Waals surface area contributed by atoms with Gasteiger partial charge in [0, 0.05) is 13.2 Å². The number of nitrogens with one attached hydrogen (secondary N) is 1. The highest BCUT2D eigenvalue weighted by atomic mass is 16.5. The number of primary amides is 1. The Labute approximate surface area is 194 Å². The zero-order valence-corrected chi connectivity index (χ0v) is 21.2. The highest BCUT2D eigenvalue weighted by Crippen LogP contribution is 2.16. The molecule has 0 saturated heterocycles. The third-order valence-corrected chi connectivity index (χ3v) is 6.23. The third kappa shape index (κ3) is 25.4. The van der Waals surface area contributed by atoms with E-state index in [4.69, 9.17) is 10.5 Å². The van der Waals surface area contributed by atoms with Crippen LogP contribution in [-0.2, 0) is 4.74 Å². The number of hydrogen-bond donors (Lipinski definition) is 2. The van der Waals surface area contributed by atoms with Crippen molar-refractivity contribution in [2.24, 2.45) is 5.73 Å². The molecular weight excluding hydrogens is 384 g/mol. The van der Waals surface area contributed by atoms with Gasteiger partial charge in [-0.2, -0.15) is 0 Å². The van der Waals surface area contributed by atoms with Gasteiger partial charge in [0.1, 0.15) is 0 Å². The number of carbonyl (C=O) groups excluding carboxylic acids is 1. The summed E-state index contributed by atoms with van der Waals surface area (Å²) in [7, 11) is 0. The van der Waals surface area contributed by atoms with Gasteiger partial charge < -0.3 is 15.8 Å². The Balaban J connectivity index is 3.73. The maximum atomic E-state index is 10.8. The monoisotopic (exact) mass is 440 g/mol. The van der Waals surface area contributed by atoms with E-state index in [0.717, 1.165) is 25.9 Å². The highest BCUT2D eigenvalue weighted by Gasteiger charge is 2.09. The Morgan fingerprint density at radius 3 is 1.55 bits per heavy atom. The van der Waals surface area contributed by atoms with Crippen LogP contribution in [0.2, 0.25) is 0 Å². The Kier molecular flexibility index (Phi) is 24.9. The predicted molar refractivity (Wildman–Crippen MR) is 136 cm³/mol. The van der Waals surface area contributed by atoms with Crippen molar-refractivity contribution in [1.82, 2.24) is 5.32 Å². The van der Waals surface area contributed by atoms with Crippen molar-refractivity contribution < 1.29 is 9.53 Å². The summed E-state index contributed by atoms with van der Waals surface area (Å²) in [5.74, 6) is 0. The lowest BCUT2D eigenvalue weighted by Crippen LogP contribution is -2.30. The van der Waals surface area contributed by atoms with Crippen LogP contribution in [0.15, 0.2) is 0 Å². The van der Waals surface area contributed by atoms with Crippen LogP contribution in [-0.4, -0.2) is 25.3 Å². The zero-order chi connectivity index (χ0) is 22.8. The first-order valence-corrected chi connectivity index (χ1v) is 13.9. The number of rotatable bonds is 25. The third-order valence-electron chi connectivity index (χ3n) is 6.23. The number of ether oxygens (including phenoxy) is 1. The second kappa shape index (κ2) is 25.5. The average Bonchev–Trinajstić information content (AvgIpc) is 2.76. The molecule has 3 N–H and O–H groups in total. The lowest BCUT2D eigenvalue weighted by Gasteiger charge is -2.18. The molecule has 0 aromatic heterocycles. The molecule has 4 nitrogen and oxygen atoms in total. The zero-order valence-electron chi connectivity index (χ0n) is 21.2. The van der Waals surface area contributed by atoms with Crippen LogP contribution in [0, 0.1) is 0 Å². The molecule has 2 amide bonds. The standard InChI is InChI=1S/C27H56N2O2/c1-3-5-7-9-11-12-13-14-16-18-20-25-31-26(23-21-24-29-27(28)30)22-19-17-15-10-8-6-4-2/h26H,3-25H2,1-2H3,(H3,28,29,30). The molecule has 0 aliphatic heterocycles. The average molecular weight is 441 g/mol. The van der Waals surface area contributed by atoms with Gasteiger partial charge in [-0.25, -0.2) is 4.79 Å². The molecular formula is C27H56N2O2. The molecule has 1 unspecified atom stereocenters. The fourth-order valence-electron chi connectivity index (χ4n) is 4.20. The number of nitrogens with two attached hydrogens (primary N) is 1. The number of urea groups is 1. The SMILES string of the molecule is CCCCCCCCCCCCCOC(CCCCCCCCC)CCCNC(N)=O. The summed E-state index contributed by atoms with van der Waals surface area (Å²) in [6, 6.07) is -0.425. The molecule has 0 rings (SSSR count). The quantitative estimate of drug-likeness (QED) is 0.140. The summed E-state index contributed by atoms with van der Waals surface area (Å²) in [5, 5.41) is 2.69. The number of amides is 2. The summed E-state index contributed by atoms with van der Waals surface area (Å²) in [5.41, 5.74) is 5.16. The van der Waals surface area contributed by atoms with Gasteiger partial charge in [0.15, 0.2) is 0 Å². The van der Waals surface area contributed by atoms with Crippen LogP contribution >= 0.6 is 0 Å². The predicted octanol–water partition coefficient (Wildman–Crippen LogP) is 8.27. The minimum Gasteiger partial charge on any atom is -0.378 e. The van der Waals surface area contributed by atoms with E-state index in [1.807, 2.05) is 0 Å². The topological polar surface area (TPSA) is 64.3 Å². The van der Waals surface area contributed by atoms with Crippen LogP contribution in [0.3, 0.4) is 0 Å². The second-order valence-corrected chi connectivity index (χ2v) is 9.37. The van der Waals surface area contributed by atoms with Gasteiger partial charge in [-0.15, -0.1) is 0 Å². The summed E-state index contributed by atoms with van der Waals surface area (Å²) >= 11 is 0. The van der Waals surface area contributed by atoms with Crippen molar-refractivity contribution in [2.75, 3.05) is 13.2 Å². The first kappa shape index (κ1) is 30.2. The summed E-state index contributed by atoms with van der Waals surface area (Å²) in [6.45, 7) is 6.10. The van der Waals surface area contributed by atoms with Gasteiger partial charge in [-0.05, 0) is 25.7 Å². The highest BCUT2D eigenvalue weighted by molar-refractivity contribution is 5.71. The van der Waals surface area contributed by atoms with Crippen molar-refractivity contribution in [3.05, 3.63) is 0 Å². The number of hydrogen-bond acceptors (Lipinski definition) is 2. The molecule has 0 spiro atoms. The van der Waals surface area contributed by atoms with Crippen LogP contribution in [0.1, 0.15) is 149 Å². The van der Waals surface area contributed by atoms with E-state index < -0.39 is 6.03 Å². The fourth-order valence-corrected chi connectivity index (χ4v) is 4.20. The Bertz CT molecular complexity index is 363. The largest absolute Gasteiger partial charge is 0.378 e. The van der Waals surface area contributed by atoms with Crippen LogP contribution in [0.4, 0.5) is 4.79 Å². The molecule has 0 fully saturated rings. The molecule has 4 heteroatoms. The molecule has 1 atom stereocenters. The van der Waals surface area contributed by atoms with Gasteiger partial charge >= 0.3 is 6.03 Å². The Morgan fingerprint density at radius 1 is 0.645 bits per heavy atom. The van der Waals surface area contributed by atoms with Crippen LogP contribution < -0.4 is 11.1 Å². The van der Waals surface area contributed by atoms with E-state index in [2.05, 4.69) is 19.2 Å². The van der Waals surface area contributed by atoms with Crippen molar-refractivity contribution in [3.8, 4) is 0 Å². The summed E-state index contributed by atoms with van der Waals surface area (Å²) in [4.78, 5) is 10.8. The molecule has 0 aliphatic carbocycles. The van der Waals surface area contributed by atoms with E-state index in [0.29, 0.717) is 12.6 Å². The van der Waals surface area contributed by atoms with Gasteiger partial charge in [0.25, 0.3) is 0 Å². The molecule has 0 heterocycles. The fraction of sp³-hybridized carbons (Fsp3) is 0.963. The minimum atomic E-state index is -0.425. The lowest BCUT2D eigenvalue weighted by atomic mass is 10.0. The molecule has 0 radical (unpaired) electrons. The lowest BCUT2D eigenvalue weighted by molar-refractivity contribution is 0.0363. The van der Waals surface area contributed by atoms with Gasteiger partial charge in [-0.3, -0.25) is 0 Å². The Morgan fingerprint density at radius 2 is 1.06 bits per heavy atom. The molecule has 0 saturated carbocycles. The van der Waals surface area contributed by atoms with Crippen molar-refractivity contribution in [2.45, 2.75) is 155 Å². The van der Waals surface area contributed by atoms with E-state index in [-0.39, 0.29) is 0 Å². The number of unbranched alkanes of at least 4 members (excludes halogenated alkanes) is 16. The molecule has 0 bridgehead atoms. The molecule has 0 aliphatic rings. The van der Waals surface area contributed by atoms with E-state index in [9.17, 15) is 4.79 Å². The molecule has 186 valence electrons. The first-order valence-electron chi connectivity index (χ1n) is 13.9. The van der Waals surface area contributed by atoms with Crippen molar-refractivity contribution in [3.63, 3.8) is 0 Å². The van der Waals surface area contributed by atoms with Gasteiger partial charge in [0.05, 0.1) is 6.10 Å². The summed E-state index contributed by atoms with van der Waals surface area (Å²) in [6.07, 6.45) is 27.9. The van der Waals surface area contributed by atoms with Crippen molar-refractivity contribution >= 4 is 6.03 Å². The van der Waals surface area contributed by atoms with Gasteiger partial charge in [0.2, 0.25) is 0 Å². The molecule has 31 heavy (non-hydrogen) atoms. The number of carbonyl (C=O) groups is 1. The van der Waals surface area contributed by atoms with Gasteiger partial charge in [-0.1, -0.05) is 123 Å². The normalized spacial score (nSPS) is 12.2. The van der Waals surface area contributed by atoms with E-state index in [1.54, 1.807) is 0 Å². The maximum Gasteiger partial charge on any atom is 0.312 e. The molecule has 0 aromatic carbocycles. The maximum absolute atomic E-state index is 10.8. The smallest absolute Gasteiger partial charge is 0.312 e. The first-order chi connectivity index (χ1) is 15.2. The second-order valence-electron chi connectivity index (χ2n) is 9.37. The van der Waals surface area contributed by atoms with Crippen molar-refractivity contribution in [1.29, 1.82) is 0 Å². The molecule has 0 aromatic rings.